The first-order valence-corrected chi connectivity index (χ1v) is 5.88. The van der Waals surface area contributed by atoms with Crippen molar-refractivity contribution in [3.05, 3.63) is 41.5 Å². The van der Waals surface area contributed by atoms with Gasteiger partial charge in [0.15, 0.2) is 0 Å². The van der Waals surface area contributed by atoms with E-state index in [2.05, 4.69) is 54.4 Å². The van der Waals surface area contributed by atoms with E-state index in [9.17, 15) is 0 Å². The molecule has 0 spiro atoms. The molecule has 0 saturated heterocycles. The van der Waals surface area contributed by atoms with Gasteiger partial charge in [0.1, 0.15) is 0 Å². The zero-order valence-corrected chi connectivity index (χ0v) is 33.9. The van der Waals surface area contributed by atoms with Crippen LogP contribution in [0.1, 0.15) is 67.2 Å². The Bertz CT molecular complexity index is 39.6. The number of rotatable bonds is 4. The van der Waals surface area contributed by atoms with Crippen LogP contribution in [-0.4, -0.2) is 0 Å². The molecule has 0 fully saturated rings. The van der Waals surface area contributed by atoms with Gasteiger partial charge in [-0.25, -0.2) is 0 Å². The predicted octanol–water partition coefficient (Wildman–Crippen LogP) is 6.59. The summed E-state index contributed by atoms with van der Waals surface area (Å²) in [5, 5.41) is 0. The second kappa shape index (κ2) is 123. The maximum Gasteiger partial charge on any atom is 0 e. The summed E-state index contributed by atoms with van der Waals surface area (Å²) in [6.07, 6.45) is 9.38. The van der Waals surface area contributed by atoms with Crippen LogP contribution in [0.25, 0.3) is 0 Å². The first-order valence-electron chi connectivity index (χ1n) is 5.88. The molecule has 0 unspecified atom stereocenters. The van der Waals surface area contributed by atoms with E-state index in [4.69, 9.17) is 0 Å². The molecule has 0 aromatic carbocycles. The van der Waals surface area contributed by atoms with Crippen molar-refractivity contribution >= 4 is 0 Å². The molecule has 0 atom stereocenters. The average molecular weight is 764 g/mol. The third-order valence-electron chi connectivity index (χ3n) is 1.15. The van der Waals surface area contributed by atoms with Crippen LogP contribution in [0.4, 0.5) is 0 Å². The van der Waals surface area contributed by atoms with E-state index in [1.165, 1.54) is 25.7 Å². The summed E-state index contributed by atoms with van der Waals surface area (Å²) >= 11 is 0. The monoisotopic (exact) mass is 764 g/mol. The second-order valence-electron chi connectivity index (χ2n) is 2.21. The van der Waals surface area contributed by atoms with Crippen LogP contribution in [0.15, 0.2) is 0 Å². The average Bonchev–Trinajstić information content (AvgIpc) is 2.27. The number of hydrogen-bond donors (Lipinski definition) is 0. The summed E-state index contributed by atoms with van der Waals surface area (Å²) < 4.78 is 0. The van der Waals surface area contributed by atoms with Gasteiger partial charge in [-0.15, -0.1) is 0 Å². The molecule has 0 aliphatic heterocycles. The molecule has 126 valence electrons. The summed E-state index contributed by atoms with van der Waals surface area (Å²) in [4.78, 5) is 0. The topological polar surface area (TPSA) is 0 Å². The van der Waals surface area contributed by atoms with Crippen LogP contribution in [-0.2, 0) is 196 Å². The Morgan fingerprint density at radius 2 is 0.545 bits per heavy atom. The summed E-state index contributed by atoms with van der Waals surface area (Å²) in [5.74, 6) is 0. The van der Waals surface area contributed by atoms with Gasteiger partial charge in [-0.05, 0) is 0 Å². The van der Waals surface area contributed by atoms with Crippen molar-refractivity contribution in [3.8, 4) is 0 Å². The summed E-state index contributed by atoms with van der Waals surface area (Å²) in [6.45, 7) is 18.6. The normalized spacial score (nSPS) is 4.36. The van der Waals surface area contributed by atoms with Gasteiger partial charge in [-0.1, -0.05) is 27.7 Å². The molecule has 6 radical (unpaired) electrons. The van der Waals surface area contributed by atoms with Crippen LogP contribution >= 0.6 is 0 Å². The van der Waals surface area contributed by atoms with E-state index in [-0.39, 0.29) is 211 Å². The summed E-state index contributed by atoms with van der Waals surface area (Å²) in [7, 11) is 0. The minimum absolute atomic E-state index is 0. The predicted molar refractivity (Wildman–Crippen MR) is 84.7 cm³/mol. The molecular formula is C16H38Y6-6. The Morgan fingerprint density at radius 1 is 0.455 bits per heavy atom. The van der Waals surface area contributed by atoms with E-state index in [1.807, 2.05) is 0 Å². The molecule has 22 heavy (non-hydrogen) atoms. The Morgan fingerprint density at radius 3 is 0.545 bits per heavy atom. The van der Waals surface area contributed by atoms with Gasteiger partial charge in [-0.3, -0.25) is 0 Å². The first kappa shape index (κ1) is 79.0. The zero-order chi connectivity index (χ0) is 12.2. The third kappa shape index (κ3) is 155. The van der Waals surface area contributed by atoms with E-state index >= 15 is 0 Å². The molecular weight excluding hydrogens is 726 g/mol. The van der Waals surface area contributed by atoms with Crippen molar-refractivity contribution in [2.45, 2.75) is 67.2 Å². The van der Waals surface area contributed by atoms with Gasteiger partial charge >= 0.3 is 0 Å². The Kier molecular flexibility index (Phi) is 441. The van der Waals surface area contributed by atoms with Gasteiger partial charge in [-0.2, -0.15) is 39.5 Å². The van der Waals surface area contributed by atoms with E-state index in [0.717, 1.165) is 0 Å². The van der Waals surface area contributed by atoms with Crippen LogP contribution < -0.4 is 0 Å². The SMILES string of the molecule is CC[CH-]CC.CC[CH-]CC.[CH2-]C.[CH2-]C.[CH3-].[CH3-].[Y].[Y].[Y].[Y].[Y].[Y]. The smallest absolute Gasteiger partial charge is 0 e. The Balaban J connectivity index is -0.00000000571. The van der Waals surface area contributed by atoms with Crippen molar-refractivity contribution in [1.29, 1.82) is 0 Å². The molecule has 0 N–H and O–H groups in total. The van der Waals surface area contributed by atoms with Gasteiger partial charge < -0.3 is 41.5 Å². The summed E-state index contributed by atoms with van der Waals surface area (Å²) in [5.41, 5.74) is 0. The third-order valence-corrected chi connectivity index (χ3v) is 1.15. The minimum atomic E-state index is 0. The molecule has 0 bridgehead atoms. The van der Waals surface area contributed by atoms with Crippen molar-refractivity contribution in [1.82, 2.24) is 0 Å². The van der Waals surface area contributed by atoms with E-state index < -0.39 is 0 Å². The number of unbranched alkanes of at least 4 members (excludes halogenated alkanes) is 4. The van der Waals surface area contributed by atoms with Crippen LogP contribution in [0.5, 0.6) is 0 Å². The molecule has 0 saturated carbocycles. The van der Waals surface area contributed by atoms with Gasteiger partial charge in [0, 0.05) is 196 Å². The molecule has 0 aromatic rings. The molecule has 0 amide bonds. The van der Waals surface area contributed by atoms with Gasteiger partial charge in [0.05, 0.1) is 0 Å². The Hall–Kier alpha value is 6.62. The fourth-order valence-corrected chi connectivity index (χ4v) is 0.577. The molecule has 0 nitrogen and oxygen atoms in total. The molecule has 0 heterocycles. The largest absolute Gasteiger partial charge is 0.358 e. The minimum Gasteiger partial charge on any atom is -0.358 e. The van der Waals surface area contributed by atoms with Gasteiger partial charge in [0.25, 0.3) is 0 Å². The van der Waals surface area contributed by atoms with E-state index in [0.29, 0.717) is 0 Å². The second-order valence-corrected chi connectivity index (χ2v) is 2.21. The fourth-order valence-electron chi connectivity index (χ4n) is 0.577. The maximum absolute atomic E-state index is 3.25. The van der Waals surface area contributed by atoms with Crippen LogP contribution in [0, 0.1) is 41.5 Å². The molecule has 0 aliphatic carbocycles. The van der Waals surface area contributed by atoms with Crippen molar-refractivity contribution in [3.63, 3.8) is 0 Å². The standard InChI is InChI=1S/2C5H11.2C2H5.2CH3.6Y/c2*1-3-5-4-2;2*1-2;;;;;;;;/h2*5H,3-4H2,1-2H3;2*1H2,2H3;2*1H3;;;;;;/q6*-1;;;;;;. The van der Waals surface area contributed by atoms with Crippen LogP contribution in [0.2, 0.25) is 0 Å². The van der Waals surface area contributed by atoms with Crippen molar-refractivity contribution in [2.75, 3.05) is 0 Å². The maximum atomic E-state index is 3.25. The van der Waals surface area contributed by atoms with Crippen molar-refractivity contribution < 1.29 is 196 Å². The first-order chi connectivity index (χ1) is 6.83. The summed E-state index contributed by atoms with van der Waals surface area (Å²) in [6, 6.07) is 0. The van der Waals surface area contributed by atoms with Gasteiger partial charge in [0.2, 0.25) is 0 Å². The number of hydrogen-bond acceptors (Lipinski definition) is 0. The fraction of sp³-hybridized carbons (Fsp3) is 0.625. The molecule has 6 heteroatoms. The quantitative estimate of drug-likeness (QED) is 0.284. The van der Waals surface area contributed by atoms with E-state index in [1.54, 1.807) is 13.8 Å². The zero-order valence-electron chi connectivity index (χ0n) is 16.9. The van der Waals surface area contributed by atoms with Crippen molar-refractivity contribution in [2.24, 2.45) is 0 Å². The van der Waals surface area contributed by atoms with Crippen LogP contribution in [0.3, 0.4) is 0 Å². The molecule has 0 rings (SSSR count). The molecule has 0 aliphatic rings. The molecule has 0 aromatic heterocycles. The Labute approximate surface area is 298 Å².